The molecular weight excluding hydrogens is 454 g/mol. The van der Waals surface area contributed by atoms with Crippen LogP contribution in [0.2, 0.25) is 0 Å². The van der Waals surface area contributed by atoms with Gasteiger partial charge in [-0.2, -0.15) is 5.10 Å². The number of urea groups is 1. The number of rotatable bonds is 5. The van der Waals surface area contributed by atoms with Gasteiger partial charge in [0.25, 0.3) is 6.43 Å². The molecule has 35 heavy (non-hydrogen) atoms. The van der Waals surface area contributed by atoms with Gasteiger partial charge < -0.3 is 19.9 Å². The smallest absolute Gasteiger partial charge is 0.317 e. The van der Waals surface area contributed by atoms with Crippen LogP contribution in [0.3, 0.4) is 0 Å². The van der Waals surface area contributed by atoms with Gasteiger partial charge in [0.15, 0.2) is 5.82 Å². The molecule has 5 heterocycles. The summed E-state index contributed by atoms with van der Waals surface area (Å²) in [5.41, 5.74) is 4.26. The zero-order valence-corrected chi connectivity index (χ0v) is 20.5. The quantitative estimate of drug-likeness (QED) is 0.679. The first-order valence-corrected chi connectivity index (χ1v) is 12.7. The van der Waals surface area contributed by atoms with Crippen molar-refractivity contribution in [3.63, 3.8) is 0 Å². The lowest BCUT2D eigenvalue weighted by atomic mass is 10.0. The van der Waals surface area contributed by atoms with Crippen molar-refractivity contribution in [2.45, 2.75) is 70.9 Å². The van der Waals surface area contributed by atoms with Crippen molar-refractivity contribution in [1.82, 2.24) is 25.0 Å². The van der Waals surface area contributed by atoms with E-state index in [0.717, 1.165) is 60.6 Å². The zero-order chi connectivity index (χ0) is 24.5. The van der Waals surface area contributed by atoms with E-state index in [-0.39, 0.29) is 17.6 Å². The second kappa shape index (κ2) is 10.1. The Kier molecular flexibility index (Phi) is 6.91. The van der Waals surface area contributed by atoms with Crippen molar-refractivity contribution in [3.8, 4) is 0 Å². The van der Waals surface area contributed by atoms with Crippen molar-refractivity contribution >= 4 is 17.5 Å². The number of nitrogens with zero attached hydrogens (tertiary/aromatic N) is 5. The fourth-order valence-corrected chi connectivity index (χ4v) is 5.60. The average molecular weight is 489 g/mol. The molecule has 0 bridgehead atoms. The Balaban J connectivity index is 1.60. The third-order valence-corrected chi connectivity index (χ3v) is 7.36. The lowest BCUT2D eigenvalue weighted by molar-refractivity contribution is 0.0651. The molecule has 5 rings (SSSR count). The van der Waals surface area contributed by atoms with Gasteiger partial charge in [0.2, 0.25) is 0 Å². The van der Waals surface area contributed by atoms with Crippen molar-refractivity contribution in [1.29, 1.82) is 0 Å². The molecule has 0 atom stereocenters. The van der Waals surface area contributed by atoms with Crippen LogP contribution in [0.1, 0.15) is 73.3 Å². The molecule has 0 aliphatic carbocycles. The molecular formula is C25H34F2N6O2. The van der Waals surface area contributed by atoms with E-state index in [1.54, 1.807) is 18.0 Å². The van der Waals surface area contributed by atoms with Gasteiger partial charge in [-0.15, -0.1) is 0 Å². The van der Waals surface area contributed by atoms with Crippen LogP contribution in [0.15, 0.2) is 6.07 Å². The number of amides is 2. The van der Waals surface area contributed by atoms with Crippen molar-refractivity contribution < 1.29 is 18.3 Å². The normalized spacial score (nSPS) is 18.5. The van der Waals surface area contributed by atoms with Crippen LogP contribution >= 0.6 is 0 Å². The molecule has 190 valence electrons. The highest BCUT2D eigenvalue weighted by Gasteiger charge is 2.34. The molecule has 0 unspecified atom stereocenters. The van der Waals surface area contributed by atoms with Crippen LogP contribution in [0.4, 0.5) is 25.1 Å². The molecule has 0 aromatic carbocycles. The summed E-state index contributed by atoms with van der Waals surface area (Å²) >= 11 is 0. The fraction of sp³-hybridized carbons (Fsp3) is 0.640. The highest BCUT2D eigenvalue weighted by atomic mass is 19.3. The van der Waals surface area contributed by atoms with E-state index >= 15 is 0 Å². The van der Waals surface area contributed by atoms with E-state index in [2.05, 4.69) is 14.9 Å². The number of hydrogen-bond acceptors (Lipinski definition) is 5. The lowest BCUT2D eigenvalue weighted by Gasteiger charge is -2.33. The molecule has 10 heteroatoms. The molecule has 3 aliphatic rings. The SMILES string of the molecule is CCCc1nc2c(cc1C(F)F)N(c1nn(C3CCOCC3)c3c1CN(C(=O)NC)CC3)CCC2. The summed E-state index contributed by atoms with van der Waals surface area (Å²) in [7, 11) is 1.64. The van der Waals surface area contributed by atoms with Gasteiger partial charge in [0, 0.05) is 62.3 Å². The minimum atomic E-state index is -2.57. The lowest BCUT2D eigenvalue weighted by Crippen LogP contribution is -2.42. The second-order valence-corrected chi connectivity index (χ2v) is 9.56. The first kappa shape index (κ1) is 24.0. The number of anilines is 2. The van der Waals surface area contributed by atoms with E-state index in [1.165, 1.54) is 0 Å². The summed E-state index contributed by atoms with van der Waals surface area (Å²) < 4.78 is 35.7. The van der Waals surface area contributed by atoms with Gasteiger partial charge in [0.1, 0.15) is 0 Å². The van der Waals surface area contributed by atoms with Crippen molar-refractivity contribution in [3.05, 3.63) is 34.3 Å². The summed E-state index contributed by atoms with van der Waals surface area (Å²) in [6.45, 7) is 5.14. The molecule has 0 saturated carbocycles. The number of pyridine rings is 1. The summed E-state index contributed by atoms with van der Waals surface area (Å²) in [6, 6.07) is 1.75. The Hall–Kier alpha value is -2.75. The van der Waals surface area contributed by atoms with Crippen LogP contribution in [0.25, 0.3) is 0 Å². The molecule has 1 N–H and O–H groups in total. The Labute approximate surface area is 204 Å². The standard InChI is InChI=1S/C25H34F2N6O2/c1-3-5-19-17(23(26)27)14-22-20(29-19)6-4-10-32(22)24-18-15-31(25(34)28-2)11-7-21(18)33(30-24)16-8-12-35-13-9-16/h14,16,23H,3-13,15H2,1-2H3,(H,28,34). The van der Waals surface area contributed by atoms with E-state index in [9.17, 15) is 13.6 Å². The number of aryl methyl sites for hydroxylation is 2. The van der Waals surface area contributed by atoms with Crippen LogP contribution in [-0.4, -0.2) is 59.0 Å². The maximum atomic E-state index is 14.0. The van der Waals surface area contributed by atoms with E-state index in [1.807, 2.05) is 6.92 Å². The molecule has 2 aromatic rings. The first-order chi connectivity index (χ1) is 17.0. The van der Waals surface area contributed by atoms with E-state index in [4.69, 9.17) is 14.8 Å². The topological polar surface area (TPSA) is 75.5 Å². The van der Waals surface area contributed by atoms with E-state index in [0.29, 0.717) is 51.4 Å². The summed E-state index contributed by atoms with van der Waals surface area (Å²) in [5.74, 6) is 0.770. The predicted molar refractivity (Wildman–Crippen MR) is 128 cm³/mol. The van der Waals surface area contributed by atoms with Crippen LogP contribution in [0.5, 0.6) is 0 Å². The van der Waals surface area contributed by atoms with Crippen molar-refractivity contribution in [2.75, 3.05) is 38.3 Å². The maximum Gasteiger partial charge on any atom is 0.317 e. The number of carbonyl (C=O) groups is 1. The van der Waals surface area contributed by atoms with Crippen LogP contribution in [0, 0.1) is 0 Å². The third kappa shape index (κ3) is 4.48. The third-order valence-electron chi connectivity index (χ3n) is 7.36. The number of ether oxygens (including phenoxy) is 1. The largest absolute Gasteiger partial charge is 0.381 e. The average Bonchev–Trinajstić information content (AvgIpc) is 3.26. The summed E-state index contributed by atoms with van der Waals surface area (Å²) in [4.78, 5) is 21.0. The number of alkyl halides is 2. The molecule has 8 nitrogen and oxygen atoms in total. The Morgan fingerprint density at radius 1 is 1.26 bits per heavy atom. The van der Waals surface area contributed by atoms with Gasteiger partial charge >= 0.3 is 6.03 Å². The molecule has 1 saturated heterocycles. The second-order valence-electron chi connectivity index (χ2n) is 9.56. The first-order valence-electron chi connectivity index (χ1n) is 12.7. The van der Waals surface area contributed by atoms with Gasteiger partial charge in [-0.05, 0) is 38.2 Å². The Morgan fingerprint density at radius 2 is 2.06 bits per heavy atom. The molecule has 0 radical (unpaired) electrons. The number of halogens is 2. The predicted octanol–water partition coefficient (Wildman–Crippen LogP) is 4.30. The highest BCUT2D eigenvalue weighted by Crippen LogP contribution is 2.40. The van der Waals surface area contributed by atoms with Crippen molar-refractivity contribution in [2.24, 2.45) is 0 Å². The minimum Gasteiger partial charge on any atom is -0.381 e. The van der Waals surface area contributed by atoms with Gasteiger partial charge in [0.05, 0.1) is 24.0 Å². The minimum absolute atomic E-state index is 0.0159. The van der Waals surface area contributed by atoms with E-state index < -0.39 is 6.43 Å². The Bertz CT molecular complexity index is 1080. The molecule has 0 spiro atoms. The molecule has 3 aliphatic heterocycles. The van der Waals surface area contributed by atoms with Crippen LogP contribution < -0.4 is 10.2 Å². The van der Waals surface area contributed by atoms with Crippen LogP contribution in [-0.2, 0) is 30.5 Å². The number of carbonyl (C=O) groups excluding carboxylic acids is 1. The number of nitrogens with one attached hydrogen (secondary N) is 1. The highest BCUT2D eigenvalue weighted by molar-refractivity contribution is 5.75. The van der Waals surface area contributed by atoms with Gasteiger partial charge in [-0.25, -0.2) is 13.6 Å². The van der Waals surface area contributed by atoms with Gasteiger partial charge in [-0.1, -0.05) is 13.3 Å². The maximum absolute atomic E-state index is 14.0. The Morgan fingerprint density at radius 3 is 2.77 bits per heavy atom. The number of aromatic nitrogens is 3. The van der Waals surface area contributed by atoms with Gasteiger partial charge in [-0.3, -0.25) is 9.67 Å². The monoisotopic (exact) mass is 488 g/mol. The summed E-state index contributed by atoms with van der Waals surface area (Å²) in [6.07, 6.45) is 2.87. The fourth-order valence-electron chi connectivity index (χ4n) is 5.60. The molecule has 2 aromatic heterocycles. The summed E-state index contributed by atoms with van der Waals surface area (Å²) in [5, 5.41) is 7.83. The molecule has 1 fully saturated rings. The number of fused-ring (bicyclic) bond motifs is 2. The molecule has 2 amide bonds. The zero-order valence-electron chi connectivity index (χ0n) is 20.5. The number of hydrogen-bond donors (Lipinski definition) is 1.